The Morgan fingerprint density at radius 2 is 1.43 bits per heavy atom. The first-order valence-corrected chi connectivity index (χ1v) is 7.40. The van der Waals surface area contributed by atoms with Crippen molar-refractivity contribution in [1.82, 2.24) is 10.6 Å². The molecule has 2 rings (SSSR count). The van der Waals surface area contributed by atoms with Crippen LogP contribution in [0.4, 0.5) is 0 Å². The molecule has 0 bridgehead atoms. The zero-order valence-corrected chi connectivity index (χ0v) is 13.0. The Bertz CT molecular complexity index is 590. The molecule has 0 fully saturated rings. The van der Waals surface area contributed by atoms with Crippen LogP contribution >= 0.6 is 0 Å². The molecule has 0 atom stereocenters. The van der Waals surface area contributed by atoms with Crippen LogP contribution in [0, 0.1) is 0 Å². The van der Waals surface area contributed by atoms with Crippen molar-refractivity contribution in [3.05, 3.63) is 71.8 Å². The number of benzene rings is 2. The summed E-state index contributed by atoms with van der Waals surface area (Å²) >= 11 is 0. The number of hydrogen-bond donors (Lipinski definition) is 2. The van der Waals surface area contributed by atoms with Gasteiger partial charge in [0.15, 0.2) is 0 Å². The summed E-state index contributed by atoms with van der Waals surface area (Å²) in [7, 11) is 1.53. The van der Waals surface area contributed by atoms with Gasteiger partial charge in [-0.3, -0.25) is 9.59 Å². The van der Waals surface area contributed by atoms with Crippen molar-refractivity contribution in [3.8, 4) is 0 Å². The van der Waals surface area contributed by atoms with Gasteiger partial charge in [0.1, 0.15) is 0 Å². The van der Waals surface area contributed by atoms with E-state index < -0.39 is 11.8 Å². The number of carbonyl (C=O) groups excluding carboxylic acids is 2. The highest BCUT2D eigenvalue weighted by Gasteiger charge is 2.20. The van der Waals surface area contributed by atoms with Crippen molar-refractivity contribution in [2.24, 2.45) is 0 Å². The lowest BCUT2D eigenvalue weighted by atomic mass is 9.99. The van der Waals surface area contributed by atoms with Gasteiger partial charge in [-0.1, -0.05) is 60.7 Å². The normalized spacial score (nSPS) is 10.3. The van der Waals surface area contributed by atoms with Crippen molar-refractivity contribution in [3.63, 3.8) is 0 Å². The van der Waals surface area contributed by atoms with Crippen molar-refractivity contribution < 1.29 is 14.3 Å². The average molecular weight is 312 g/mol. The molecule has 0 aliphatic heterocycles. The van der Waals surface area contributed by atoms with E-state index in [9.17, 15) is 9.59 Å². The Kier molecular flexibility index (Phi) is 6.32. The van der Waals surface area contributed by atoms with Gasteiger partial charge in [-0.05, 0) is 11.1 Å². The lowest BCUT2D eigenvalue weighted by Crippen LogP contribution is -2.42. The number of ether oxygens (including phenoxy) is 1. The van der Waals surface area contributed by atoms with Crippen molar-refractivity contribution in [2.75, 3.05) is 20.3 Å². The van der Waals surface area contributed by atoms with Crippen LogP contribution < -0.4 is 10.6 Å². The highest BCUT2D eigenvalue weighted by atomic mass is 16.5. The molecular weight excluding hydrogens is 292 g/mol. The number of hydrogen-bond acceptors (Lipinski definition) is 3. The second kappa shape index (κ2) is 8.70. The summed E-state index contributed by atoms with van der Waals surface area (Å²) < 4.78 is 4.85. The lowest BCUT2D eigenvalue weighted by molar-refractivity contribution is -0.139. The van der Waals surface area contributed by atoms with Crippen LogP contribution in [-0.2, 0) is 14.3 Å². The smallest absolute Gasteiger partial charge is 0.310 e. The third-order valence-corrected chi connectivity index (χ3v) is 3.34. The van der Waals surface area contributed by atoms with Crippen LogP contribution in [-0.4, -0.2) is 32.1 Å². The minimum atomic E-state index is -0.668. The van der Waals surface area contributed by atoms with Gasteiger partial charge in [0.05, 0.1) is 12.6 Å². The maximum Gasteiger partial charge on any atom is 0.310 e. The van der Waals surface area contributed by atoms with Crippen molar-refractivity contribution >= 4 is 11.8 Å². The maximum atomic E-state index is 12.1. The van der Waals surface area contributed by atoms with Gasteiger partial charge in [-0.15, -0.1) is 0 Å². The topological polar surface area (TPSA) is 67.4 Å². The minimum absolute atomic E-state index is 0.296. The lowest BCUT2D eigenvalue weighted by Gasteiger charge is -2.19. The standard InChI is InChI=1S/C18H20N2O3/c1-23-13-12-19-17(21)18(22)20-16(14-8-4-2-5-9-14)15-10-6-3-7-11-15/h2-11,16H,12-13H2,1H3,(H,19,21)(H,20,22). The molecule has 0 heterocycles. The molecule has 2 aromatic carbocycles. The summed E-state index contributed by atoms with van der Waals surface area (Å²) in [5.74, 6) is -1.34. The van der Waals surface area contributed by atoms with Gasteiger partial charge >= 0.3 is 11.8 Å². The minimum Gasteiger partial charge on any atom is -0.383 e. The van der Waals surface area contributed by atoms with Crippen LogP contribution in [0.25, 0.3) is 0 Å². The Morgan fingerprint density at radius 3 is 1.91 bits per heavy atom. The predicted octanol–water partition coefficient (Wildman–Crippen LogP) is 1.65. The molecule has 23 heavy (non-hydrogen) atoms. The summed E-state index contributed by atoms with van der Waals surface area (Å²) in [5.41, 5.74) is 1.83. The van der Waals surface area contributed by atoms with E-state index in [0.29, 0.717) is 13.2 Å². The molecule has 0 radical (unpaired) electrons. The van der Waals surface area contributed by atoms with E-state index in [1.165, 1.54) is 7.11 Å². The molecular formula is C18H20N2O3. The Morgan fingerprint density at radius 1 is 0.913 bits per heavy atom. The van der Waals surface area contributed by atoms with E-state index in [1.807, 2.05) is 60.7 Å². The number of rotatable bonds is 6. The SMILES string of the molecule is COCCNC(=O)C(=O)NC(c1ccccc1)c1ccccc1. The van der Waals surface area contributed by atoms with Crippen LogP contribution in [0.3, 0.4) is 0 Å². The second-order valence-corrected chi connectivity index (χ2v) is 4.98. The first-order chi connectivity index (χ1) is 11.2. The zero-order chi connectivity index (χ0) is 16.5. The molecule has 0 aliphatic carbocycles. The molecule has 2 N–H and O–H groups in total. The Balaban J connectivity index is 2.13. The van der Waals surface area contributed by atoms with Gasteiger partial charge < -0.3 is 15.4 Å². The van der Waals surface area contributed by atoms with Gasteiger partial charge in [-0.2, -0.15) is 0 Å². The van der Waals surface area contributed by atoms with Crippen LogP contribution in [0.2, 0.25) is 0 Å². The third-order valence-electron chi connectivity index (χ3n) is 3.34. The van der Waals surface area contributed by atoms with Crippen LogP contribution in [0.5, 0.6) is 0 Å². The van der Waals surface area contributed by atoms with E-state index >= 15 is 0 Å². The quantitative estimate of drug-likeness (QED) is 0.629. The molecule has 5 heteroatoms. The second-order valence-electron chi connectivity index (χ2n) is 4.98. The van der Waals surface area contributed by atoms with Gasteiger partial charge in [0.25, 0.3) is 0 Å². The predicted molar refractivity (Wildman–Crippen MR) is 87.8 cm³/mol. The molecule has 2 aromatic rings. The summed E-state index contributed by atoms with van der Waals surface area (Å²) in [6.45, 7) is 0.657. The van der Waals surface area contributed by atoms with Crippen molar-refractivity contribution in [1.29, 1.82) is 0 Å². The average Bonchev–Trinajstić information content (AvgIpc) is 2.61. The number of amides is 2. The summed E-state index contributed by atoms with van der Waals surface area (Å²) in [5, 5.41) is 5.30. The van der Waals surface area contributed by atoms with Crippen molar-refractivity contribution in [2.45, 2.75) is 6.04 Å². The maximum absolute atomic E-state index is 12.1. The number of methoxy groups -OCH3 is 1. The van der Waals surface area contributed by atoms with E-state index in [4.69, 9.17) is 4.74 Å². The fraction of sp³-hybridized carbons (Fsp3) is 0.222. The fourth-order valence-electron chi connectivity index (χ4n) is 2.19. The molecule has 0 spiro atoms. The monoisotopic (exact) mass is 312 g/mol. The number of carbonyl (C=O) groups is 2. The van der Waals surface area contributed by atoms with Gasteiger partial charge in [-0.25, -0.2) is 0 Å². The van der Waals surface area contributed by atoms with Gasteiger partial charge in [0, 0.05) is 13.7 Å². The molecule has 120 valence electrons. The zero-order valence-electron chi connectivity index (χ0n) is 13.0. The molecule has 0 aromatic heterocycles. The fourth-order valence-corrected chi connectivity index (χ4v) is 2.19. The first kappa shape index (κ1) is 16.7. The molecule has 0 saturated heterocycles. The summed E-state index contributed by atoms with van der Waals surface area (Å²) in [6.07, 6.45) is 0. The molecule has 2 amide bonds. The first-order valence-electron chi connectivity index (χ1n) is 7.40. The van der Waals surface area contributed by atoms with Crippen LogP contribution in [0.15, 0.2) is 60.7 Å². The van der Waals surface area contributed by atoms with E-state index in [2.05, 4.69) is 10.6 Å². The Hall–Kier alpha value is -2.66. The largest absolute Gasteiger partial charge is 0.383 e. The summed E-state index contributed by atoms with van der Waals surface area (Å²) in [4.78, 5) is 24.0. The number of nitrogens with one attached hydrogen (secondary N) is 2. The highest BCUT2D eigenvalue weighted by Crippen LogP contribution is 2.21. The summed E-state index contributed by atoms with van der Waals surface area (Å²) in [6, 6.07) is 18.7. The third kappa shape index (κ3) is 4.93. The van der Waals surface area contributed by atoms with Gasteiger partial charge in [0.2, 0.25) is 0 Å². The molecule has 0 unspecified atom stereocenters. The van der Waals surface area contributed by atoms with E-state index in [-0.39, 0.29) is 6.04 Å². The Labute approximate surface area is 135 Å². The molecule has 5 nitrogen and oxygen atoms in total. The van der Waals surface area contributed by atoms with E-state index in [1.54, 1.807) is 0 Å². The molecule has 0 saturated carbocycles. The van der Waals surface area contributed by atoms with E-state index in [0.717, 1.165) is 11.1 Å². The highest BCUT2D eigenvalue weighted by molar-refractivity contribution is 6.35. The molecule has 0 aliphatic rings. The van der Waals surface area contributed by atoms with Crippen LogP contribution in [0.1, 0.15) is 17.2 Å².